The first-order valence-electron chi connectivity index (χ1n) is 9.23. The molecule has 1 aromatic heterocycles. The van der Waals surface area contributed by atoms with Crippen LogP contribution in [0.4, 0.5) is 5.82 Å². The van der Waals surface area contributed by atoms with Crippen LogP contribution in [0.2, 0.25) is 0 Å². The van der Waals surface area contributed by atoms with Gasteiger partial charge < -0.3 is 19.5 Å². The highest BCUT2D eigenvalue weighted by atomic mass is 16.5. The first-order valence-corrected chi connectivity index (χ1v) is 9.23. The first-order chi connectivity index (χ1) is 12.6. The number of methoxy groups -OCH3 is 1. The fraction of sp³-hybridized carbons (Fsp3) is 0.500. The maximum atomic E-state index is 12.3. The van der Waals surface area contributed by atoms with Crippen molar-refractivity contribution < 1.29 is 4.74 Å². The SMILES string of the molecule is COc1ccccc1C[C@H](C)N[C@@H]1CCCN(c2nccn(C)c2=O)C1. The zero-order valence-corrected chi connectivity index (χ0v) is 15.8. The van der Waals surface area contributed by atoms with E-state index in [1.165, 1.54) is 5.56 Å². The third kappa shape index (κ3) is 4.25. The molecule has 140 valence electrons. The lowest BCUT2D eigenvalue weighted by Crippen LogP contribution is -2.50. The number of hydrogen-bond donors (Lipinski definition) is 1. The molecule has 6 nitrogen and oxygen atoms in total. The van der Waals surface area contributed by atoms with E-state index in [9.17, 15) is 4.79 Å². The highest BCUT2D eigenvalue weighted by molar-refractivity contribution is 5.37. The van der Waals surface area contributed by atoms with Crippen molar-refractivity contribution in [2.45, 2.75) is 38.3 Å². The maximum Gasteiger partial charge on any atom is 0.293 e. The fourth-order valence-electron chi connectivity index (χ4n) is 3.67. The van der Waals surface area contributed by atoms with Gasteiger partial charge in [0.25, 0.3) is 5.56 Å². The monoisotopic (exact) mass is 356 g/mol. The number of aromatic nitrogens is 2. The molecule has 1 N–H and O–H groups in total. The summed E-state index contributed by atoms with van der Waals surface area (Å²) in [6.45, 7) is 3.89. The lowest BCUT2D eigenvalue weighted by Gasteiger charge is -2.35. The van der Waals surface area contributed by atoms with Gasteiger partial charge >= 0.3 is 0 Å². The molecule has 2 aromatic rings. The Labute approximate surface area is 154 Å². The predicted molar refractivity (Wildman–Crippen MR) is 104 cm³/mol. The van der Waals surface area contributed by atoms with Crippen molar-refractivity contribution in [2.75, 3.05) is 25.1 Å². The van der Waals surface area contributed by atoms with Crippen LogP contribution in [0.25, 0.3) is 0 Å². The molecule has 0 amide bonds. The number of para-hydroxylation sites is 1. The van der Waals surface area contributed by atoms with Crippen LogP contribution < -0.4 is 20.5 Å². The Balaban J connectivity index is 1.63. The number of nitrogens with zero attached hydrogens (tertiary/aromatic N) is 3. The van der Waals surface area contributed by atoms with Gasteiger partial charge in [0.05, 0.1) is 7.11 Å². The Bertz CT molecular complexity index is 789. The number of nitrogens with one attached hydrogen (secondary N) is 1. The molecule has 1 saturated heterocycles. The average Bonchev–Trinajstić information content (AvgIpc) is 2.64. The van der Waals surface area contributed by atoms with E-state index in [-0.39, 0.29) is 5.56 Å². The number of benzene rings is 1. The second kappa shape index (κ2) is 8.36. The van der Waals surface area contributed by atoms with Gasteiger partial charge in [0.15, 0.2) is 5.82 Å². The van der Waals surface area contributed by atoms with Crippen molar-refractivity contribution in [3.05, 3.63) is 52.6 Å². The van der Waals surface area contributed by atoms with Crippen molar-refractivity contribution in [1.82, 2.24) is 14.9 Å². The average molecular weight is 356 g/mol. The molecule has 0 bridgehead atoms. The second-order valence-corrected chi connectivity index (χ2v) is 7.04. The second-order valence-electron chi connectivity index (χ2n) is 7.04. The Morgan fingerprint density at radius 1 is 1.38 bits per heavy atom. The standard InChI is InChI=1S/C20H28N4O2/c1-15(13-16-7-4-5-9-18(16)26-3)22-17-8-6-11-24(14-17)19-20(25)23(2)12-10-21-19/h4-5,7,9-10,12,15,17,22H,6,8,11,13-14H2,1-3H3/t15-,17+/m0/s1. The minimum Gasteiger partial charge on any atom is -0.496 e. The summed E-state index contributed by atoms with van der Waals surface area (Å²) in [5.74, 6) is 1.49. The van der Waals surface area contributed by atoms with E-state index in [0.29, 0.717) is 17.9 Å². The molecule has 0 spiro atoms. The third-order valence-electron chi connectivity index (χ3n) is 4.96. The van der Waals surface area contributed by atoms with Crippen molar-refractivity contribution in [3.63, 3.8) is 0 Å². The Hall–Kier alpha value is -2.34. The predicted octanol–water partition coefficient (Wildman–Crippen LogP) is 1.98. The highest BCUT2D eigenvalue weighted by Crippen LogP contribution is 2.20. The lowest BCUT2D eigenvalue weighted by molar-refractivity contribution is 0.373. The molecule has 0 radical (unpaired) electrons. The molecular weight excluding hydrogens is 328 g/mol. The number of rotatable bonds is 6. The van der Waals surface area contributed by atoms with E-state index in [1.54, 1.807) is 31.1 Å². The van der Waals surface area contributed by atoms with Gasteiger partial charge in [0, 0.05) is 44.6 Å². The van der Waals surface area contributed by atoms with Crippen LogP contribution in [0.5, 0.6) is 5.75 Å². The van der Waals surface area contributed by atoms with Crippen LogP contribution in [-0.4, -0.2) is 41.8 Å². The molecular formula is C20H28N4O2. The zero-order valence-electron chi connectivity index (χ0n) is 15.8. The normalized spacial score (nSPS) is 18.6. The molecule has 1 aliphatic rings. The highest BCUT2D eigenvalue weighted by Gasteiger charge is 2.24. The number of anilines is 1. The zero-order chi connectivity index (χ0) is 18.5. The number of piperidine rings is 1. The van der Waals surface area contributed by atoms with Crippen LogP contribution in [0.3, 0.4) is 0 Å². The molecule has 2 heterocycles. The Morgan fingerprint density at radius 2 is 2.19 bits per heavy atom. The Kier molecular flexibility index (Phi) is 5.93. The van der Waals surface area contributed by atoms with Crippen molar-refractivity contribution in [1.29, 1.82) is 0 Å². The first kappa shape index (κ1) is 18.5. The molecule has 6 heteroatoms. The van der Waals surface area contributed by atoms with Crippen LogP contribution in [0.15, 0.2) is 41.5 Å². The van der Waals surface area contributed by atoms with Crippen LogP contribution >= 0.6 is 0 Å². The lowest BCUT2D eigenvalue weighted by atomic mass is 10.0. The number of hydrogen-bond acceptors (Lipinski definition) is 5. The molecule has 1 aromatic carbocycles. The smallest absolute Gasteiger partial charge is 0.293 e. The van der Waals surface area contributed by atoms with Crippen molar-refractivity contribution >= 4 is 5.82 Å². The van der Waals surface area contributed by atoms with E-state index < -0.39 is 0 Å². The van der Waals surface area contributed by atoms with E-state index in [1.807, 2.05) is 18.2 Å². The van der Waals surface area contributed by atoms with Gasteiger partial charge in [-0.1, -0.05) is 18.2 Å². The van der Waals surface area contributed by atoms with E-state index in [4.69, 9.17) is 4.74 Å². The van der Waals surface area contributed by atoms with Crippen molar-refractivity contribution in [3.8, 4) is 5.75 Å². The summed E-state index contributed by atoms with van der Waals surface area (Å²) in [7, 11) is 3.48. The van der Waals surface area contributed by atoms with Crippen molar-refractivity contribution in [2.24, 2.45) is 7.05 Å². The van der Waals surface area contributed by atoms with Gasteiger partial charge in [-0.25, -0.2) is 4.98 Å². The van der Waals surface area contributed by atoms with Gasteiger partial charge in [-0.2, -0.15) is 0 Å². The number of aryl methyl sites for hydroxylation is 1. The minimum absolute atomic E-state index is 0.0322. The molecule has 3 rings (SSSR count). The molecule has 0 saturated carbocycles. The fourth-order valence-corrected chi connectivity index (χ4v) is 3.67. The number of ether oxygens (including phenoxy) is 1. The van der Waals surface area contributed by atoms with Crippen LogP contribution in [0.1, 0.15) is 25.3 Å². The summed E-state index contributed by atoms with van der Waals surface area (Å²) in [5.41, 5.74) is 1.18. The minimum atomic E-state index is -0.0322. The third-order valence-corrected chi connectivity index (χ3v) is 4.96. The van der Waals surface area contributed by atoms with Crippen LogP contribution in [-0.2, 0) is 13.5 Å². The van der Waals surface area contributed by atoms with Gasteiger partial charge in [-0.3, -0.25) is 4.79 Å². The quantitative estimate of drug-likeness (QED) is 0.858. The topological polar surface area (TPSA) is 59.4 Å². The summed E-state index contributed by atoms with van der Waals surface area (Å²) in [4.78, 5) is 18.8. The molecule has 1 fully saturated rings. The van der Waals surface area contributed by atoms with Gasteiger partial charge in [-0.05, 0) is 37.8 Å². The molecule has 0 unspecified atom stereocenters. The summed E-state index contributed by atoms with van der Waals surface area (Å²) < 4.78 is 7.04. The van der Waals surface area contributed by atoms with Crippen LogP contribution in [0, 0.1) is 0 Å². The summed E-state index contributed by atoms with van der Waals surface area (Å²) in [6, 6.07) is 8.82. The summed E-state index contributed by atoms with van der Waals surface area (Å²) in [6.07, 6.45) is 6.46. The molecule has 26 heavy (non-hydrogen) atoms. The molecule has 0 aliphatic carbocycles. The maximum absolute atomic E-state index is 12.3. The Morgan fingerprint density at radius 3 is 3.00 bits per heavy atom. The summed E-state index contributed by atoms with van der Waals surface area (Å²) in [5, 5.41) is 3.72. The largest absolute Gasteiger partial charge is 0.496 e. The van der Waals surface area contributed by atoms with Gasteiger partial charge in [0.1, 0.15) is 5.75 Å². The van der Waals surface area contributed by atoms with Gasteiger partial charge in [-0.15, -0.1) is 0 Å². The summed E-state index contributed by atoms with van der Waals surface area (Å²) >= 11 is 0. The van der Waals surface area contributed by atoms with E-state index in [2.05, 4.69) is 28.2 Å². The van der Waals surface area contributed by atoms with Gasteiger partial charge in [0.2, 0.25) is 0 Å². The van der Waals surface area contributed by atoms with E-state index in [0.717, 1.165) is 38.1 Å². The van der Waals surface area contributed by atoms with E-state index >= 15 is 0 Å². The molecule has 2 atom stereocenters. The molecule has 1 aliphatic heterocycles.